The van der Waals surface area contributed by atoms with Crippen molar-refractivity contribution in [3.8, 4) is 0 Å². The number of amides is 3. The summed E-state index contributed by atoms with van der Waals surface area (Å²) in [7, 11) is 1.59. The van der Waals surface area contributed by atoms with Crippen molar-refractivity contribution in [1.82, 2.24) is 10.6 Å². The molecule has 0 aromatic heterocycles. The van der Waals surface area contributed by atoms with Crippen molar-refractivity contribution in [3.63, 3.8) is 0 Å². The largest absolute Gasteiger partial charge is 0.372 e. The van der Waals surface area contributed by atoms with Gasteiger partial charge in [0.25, 0.3) is 0 Å². The van der Waals surface area contributed by atoms with Gasteiger partial charge in [-0.1, -0.05) is 24.3 Å². The van der Waals surface area contributed by atoms with E-state index in [0.29, 0.717) is 32.3 Å². The third kappa shape index (κ3) is 9.75. The standard InChI is InChI=1S/C20H31N3O4/c1-15(18(23-14-24)11-12-20(26)22-2)27-13-17-9-7-16(8-10-17)5-3-4-6-19(21)25/h7-10,14-15,18H,3-6,11-13H2,1-2H3,(H2,21,25)(H,22,26)(H,23,24)/t15-,18+/m1/s1. The second kappa shape index (κ2) is 12.9. The molecule has 27 heavy (non-hydrogen) atoms. The maximum Gasteiger partial charge on any atom is 0.219 e. The predicted octanol–water partition coefficient (Wildman–Crippen LogP) is 1.43. The van der Waals surface area contributed by atoms with Crippen LogP contribution in [0.5, 0.6) is 0 Å². The molecule has 1 rings (SSSR count). The van der Waals surface area contributed by atoms with Gasteiger partial charge in [-0.3, -0.25) is 14.4 Å². The van der Waals surface area contributed by atoms with Gasteiger partial charge in [0.15, 0.2) is 0 Å². The number of carbonyl (C=O) groups excluding carboxylic acids is 3. The number of aryl methyl sites for hydroxylation is 1. The highest BCUT2D eigenvalue weighted by Crippen LogP contribution is 2.13. The summed E-state index contributed by atoms with van der Waals surface area (Å²) in [6.07, 6.45) is 4.35. The number of rotatable bonds is 14. The molecule has 0 heterocycles. The molecule has 0 aliphatic rings. The summed E-state index contributed by atoms with van der Waals surface area (Å²) < 4.78 is 5.87. The van der Waals surface area contributed by atoms with Gasteiger partial charge in [0.05, 0.1) is 18.8 Å². The van der Waals surface area contributed by atoms with E-state index in [1.54, 1.807) is 7.05 Å². The number of primary amides is 1. The van der Waals surface area contributed by atoms with Crippen LogP contribution in [0.25, 0.3) is 0 Å². The molecule has 0 unspecified atom stereocenters. The van der Waals surface area contributed by atoms with Crippen molar-refractivity contribution in [1.29, 1.82) is 0 Å². The van der Waals surface area contributed by atoms with Gasteiger partial charge in [-0.2, -0.15) is 0 Å². The summed E-state index contributed by atoms with van der Waals surface area (Å²) in [5.41, 5.74) is 7.39. The fourth-order valence-electron chi connectivity index (χ4n) is 2.73. The van der Waals surface area contributed by atoms with E-state index < -0.39 is 0 Å². The smallest absolute Gasteiger partial charge is 0.219 e. The number of nitrogens with two attached hydrogens (primary N) is 1. The average Bonchev–Trinajstić information content (AvgIpc) is 2.67. The Hall–Kier alpha value is -2.41. The molecule has 7 nitrogen and oxygen atoms in total. The molecule has 0 saturated heterocycles. The van der Waals surface area contributed by atoms with E-state index in [1.807, 2.05) is 19.1 Å². The Morgan fingerprint density at radius 3 is 2.41 bits per heavy atom. The molecule has 0 spiro atoms. The fourth-order valence-corrected chi connectivity index (χ4v) is 2.73. The molecule has 1 aromatic rings. The van der Waals surface area contributed by atoms with Crippen molar-refractivity contribution in [3.05, 3.63) is 35.4 Å². The van der Waals surface area contributed by atoms with Gasteiger partial charge in [-0.05, 0) is 43.7 Å². The van der Waals surface area contributed by atoms with E-state index in [2.05, 4.69) is 22.8 Å². The third-order valence-corrected chi connectivity index (χ3v) is 4.48. The van der Waals surface area contributed by atoms with Crippen molar-refractivity contribution in [2.75, 3.05) is 7.05 Å². The number of unbranched alkanes of at least 4 members (excludes halogenated alkanes) is 1. The lowest BCUT2D eigenvalue weighted by atomic mass is 10.0. The first-order valence-electron chi connectivity index (χ1n) is 9.34. The number of ether oxygens (including phenoxy) is 1. The van der Waals surface area contributed by atoms with Gasteiger partial charge >= 0.3 is 0 Å². The summed E-state index contributed by atoms with van der Waals surface area (Å²) in [5, 5.41) is 5.29. The quantitative estimate of drug-likeness (QED) is 0.336. The summed E-state index contributed by atoms with van der Waals surface area (Å²) in [6, 6.07) is 7.93. The Bertz CT molecular complexity index is 589. The summed E-state index contributed by atoms with van der Waals surface area (Å²) >= 11 is 0. The van der Waals surface area contributed by atoms with Crippen molar-refractivity contribution in [2.24, 2.45) is 5.73 Å². The fraction of sp³-hybridized carbons (Fsp3) is 0.550. The van der Waals surface area contributed by atoms with Crippen LogP contribution in [0.3, 0.4) is 0 Å². The molecule has 0 bridgehead atoms. The number of benzene rings is 1. The molecule has 7 heteroatoms. The maximum absolute atomic E-state index is 11.4. The van der Waals surface area contributed by atoms with Gasteiger partial charge < -0.3 is 21.1 Å². The minimum absolute atomic E-state index is 0.0636. The van der Waals surface area contributed by atoms with E-state index >= 15 is 0 Å². The zero-order chi connectivity index (χ0) is 20.1. The Balaban J connectivity index is 2.42. The molecule has 3 amide bonds. The molecular weight excluding hydrogens is 346 g/mol. The lowest BCUT2D eigenvalue weighted by molar-refractivity contribution is -0.121. The minimum atomic E-state index is -0.255. The van der Waals surface area contributed by atoms with Gasteiger partial charge in [0.1, 0.15) is 0 Å². The normalized spacial score (nSPS) is 12.8. The predicted molar refractivity (Wildman–Crippen MR) is 104 cm³/mol. The Morgan fingerprint density at radius 1 is 1.15 bits per heavy atom. The van der Waals surface area contributed by atoms with Crippen molar-refractivity contribution >= 4 is 18.2 Å². The molecule has 0 aliphatic carbocycles. The minimum Gasteiger partial charge on any atom is -0.372 e. The van der Waals surface area contributed by atoms with Crippen LogP contribution >= 0.6 is 0 Å². The summed E-state index contributed by atoms with van der Waals surface area (Å²) in [6.45, 7) is 2.32. The van der Waals surface area contributed by atoms with Crippen molar-refractivity contribution in [2.45, 2.75) is 64.2 Å². The average molecular weight is 377 g/mol. The first kappa shape index (κ1) is 22.6. The first-order valence-corrected chi connectivity index (χ1v) is 9.34. The monoisotopic (exact) mass is 377 g/mol. The zero-order valence-electron chi connectivity index (χ0n) is 16.2. The molecule has 0 fully saturated rings. The SMILES string of the molecule is CNC(=O)CC[C@H](NC=O)[C@@H](C)OCc1ccc(CCCCC(N)=O)cc1. The van der Waals surface area contributed by atoms with Gasteiger partial charge in [-0.15, -0.1) is 0 Å². The summed E-state index contributed by atoms with van der Waals surface area (Å²) in [4.78, 5) is 32.9. The van der Waals surface area contributed by atoms with Crippen LogP contribution in [-0.2, 0) is 32.1 Å². The number of hydrogen-bond acceptors (Lipinski definition) is 4. The highest BCUT2D eigenvalue weighted by Gasteiger charge is 2.18. The Morgan fingerprint density at radius 2 is 1.81 bits per heavy atom. The van der Waals surface area contributed by atoms with Crippen LogP contribution in [0.15, 0.2) is 24.3 Å². The Labute approximate surface area is 161 Å². The van der Waals surface area contributed by atoms with E-state index in [4.69, 9.17) is 10.5 Å². The van der Waals surface area contributed by atoms with E-state index in [9.17, 15) is 14.4 Å². The molecule has 150 valence electrons. The lowest BCUT2D eigenvalue weighted by Crippen LogP contribution is -2.40. The van der Waals surface area contributed by atoms with Crippen LogP contribution in [-0.4, -0.2) is 37.4 Å². The number of hydrogen-bond donors (Lipinski definition) is 3. The van der Waals surface area contributed by atoms with Crippen LogP contribution in [0.2, 0.25) is 0 Å². The molecule has 0 saturated carbocycles. The van der Waals surface area contributed by atoms with Gasteiger partial charge in [0, 0.05) is 19.9 Å². The zero-order valence-corrected chi connectivity index (χ0v) is 16.2. The Kier molecular flexibility index (Phi) is 10.8. The highest BCUT2D eigenvalue weighted by molar-refractivity contribution is 5.75. The molecule has 0 radical (unpaired) electrons. The molecule has 1 aromatic carbocycles. The van der Waals surface area contributed by atoms with E-state index in [-0.39, 0.29) is 24.0 Å². The van der Waals surface area contributed by atoms with Crippen molar-refractivity contribution < 1.29 is 19.1 Å². The highest BCUT2D eigenvalue weighted by atomic mass is 16.5. The molecular formula is C20H31N3O4. The van der Waals surface area contributed by atoms with Crippen LogP contribution in [0.1, 0.15) is 50.2 Å². The molecule has 0 aliphatic heterocycles. The van der Waals surface area contributed by atoms with Gasteiger partial charge in [0.2, 0.25) is 18.2 Å². The topological polar surface area (TPSA) is 111 Å². The second-order valence-electron chi connectivity index (χ2n) is 6.61. The van der Waals surface area contributed by atoms with Crippen LogP contribution < -0.4 is 16.4 Å². The van der Waals surface area contributed by atoms with Crippen LogP contribution in [0.4, 0.5) is 0 Å². The van der Waals surface area contributed by atoms with E-state index in [0.717, 1.165) is 24.8 Å². The molecule has 4 N–H and O–H groups in total. The number of carbonyl (C=O) groups is 3. The summed E-state index contributed by atoms with van der Waals surface area (Å²) in [5.74, 6) is -0.319. The molecule has 2 atom stereocenters. The maximum atomic E-state index is 11.4. The van der Waals surface area contributed by atoms with Crippen LogP contribution in [0, 0.1) is 0 Å². The van der Waals surface area contributed by atoms with E-state index in [1.165, 1.54) is 5.56 Å². The third-order valence-electron chi connectivity index (χ3n) is 4.48. The van der Waals surface area contributed by atoms with Gasteiger partial charge in [-0.25, -0.2) is 0 Å². The number of nitrogens with one attached hydrogen (secondary N) is 2. The first-order chi connectivity index (χ1) is 13.0. The second-order valence-corrected chi connectivity index (χ2v) is 6.61. The lowest BCUT2D eigenvalue weighted by Gasteiger charge is -2.23.